The normalized spacial score (nSPS) is 11.4. The van der Waals surface area contributed by atoms with Crippen LogP contribution in [-0.2, 0) is 0 Å². The van der Waals surface area contributed by atoms with Gasteiger partial charge in [-0.3, -0.25) is 4.79 Å². The van der Waals surface area contributed by atoms with Crippen LogP contribution < -0.4 is 10.5 Å². The van der Waals surface area contributed by atoms with Gasteiger partial charge >= 0.3 is 0 Å². The average Bonchev–Trinajstić information content (AvgIpc) is 2.27. The molecule has 0 heterocycles. The second-order valence-corrected chi connectivity index (χ2v) is 11.0. The van der Waals surface area contributed by atoms with E-state index in [-0.39, 0.29) is 5.91 Å². The summed E-state index contributed by atoms with van der Waals surface area (Å²) in [6, 6.07) is 5.76. The van der Waals surface area contributed by atoms with Crippen LogP contribution in [0.15, 0.2) is 18.2 Å². The predicted octanol–water partition coefficient (Wildman–Crippen LogP) is 3.42. The van der Waals surface area contributed by atoms with Crippen molar-refractivity contribution in [3.05, 3.63) is 28.8 Å². The van der Waals surface area contributed by atoms with Crippen LogP contribution in [-0.4, -0.2) is 20.5 Å². The van der Waals surface area contributed by atoms with Crippen LogP contribution in [0.4, 0.5) is 0 Å². The van der Waals surface area contributed by atoms with Crippen LogP contribution in [0, 0.1) is 0 Å². The number of rotatable bonds is 5. The average molecular weight is 284 g/mol. The van der Waals surface area contributed by atoms with Gasteiger partial charge in [0.25, 0.3) is 5.91 Å². The van der Waals surface area contributed by atoms with Crippen molar-refractivity contribution in [2.24, 2.45) is 0 Å². The van der Waals surface area contributed by atoms with Crippen LogP contribution >= 0.6 is 11.6 Å². The molecule has 0 aliphatic heterocycles. The fourth-order valence-corrected chi connectivity index (χ4v) is 3.78. The molecule has 0 aliphatic carbocycles. The van der Waals surface area contributed by atoms with E-state index in [1.165, 1.54) is 0 Å². The first-order valence-corrected chi connectivity index (χ1v) is 10.3. The highest BCUT2D eigenvalue weighted by molar-refractivity contribution is 6.89. The van der Waals surface area contributed by atoms with E-state index in [0.717, 1.165) is 18.0 Å². The van der Waals surface area contributed by atoms with E-state index in [9.17, 15) is 4.79 Å². The molecule has 0 bridgehead atoms. The number of hydrogen-bond donors (Lipinski definition) is 1. The fraction of sp³-hybridized carbons (Fsp3) is 0.500. The molecule has 18 heavy (non-hydrogen) atoms. The monoisotopic (exact) mass is 283 g/mol. The zero-order chi connectivity index (χ0) is 13.8. The smallest absolute Gasteiger partial charge is 0.252 e. The van der Waals surface area contributed by atoms with Crippen molar-refractivity contribution in [3.63, 3.8) is 0 Å². The van der Waals surface area contributed by atoms with Gasteiger partial charge in [-0.05, 0) is 17.7 Å². The summed E-state index contributed by atoms with van der Waals surface area (Å²) in [7, 11) is -1.56. The quantitative estimate of drug-likeness (QED) is 0.651. The third-order valence-electron chi connectivity index (χ3n) is 2.86. The molecule has 1 N–H and O–H groups in total. The Bertz CT molecular complexity index is 426. The molecule has 1 rings (SSSR count). The molecular formula is C14H22ClNOSi. The van der Waals surface area contributed by atoms with Crippen LogP contribution in [0.25, 0.3) is 0 Å². The lowest BCUT2D eigenvalue weighted by molar-refractivity contribution is 0.0954. The van der Waals surface area contributed by atoms with Crippen molar-refractivity contribution in [2.45, 2.75) is 39.4 Å². The maximum Gasteiger partial charge on any atom is 0.252 e. The standard InChI is InChI=1S/C14H22ClNOSi/c1-5-6-10-16-14(17)13-11(15)8-7-9-12(13)18(2,3)4/h7-9H,5-6,10H2,1-4H3,(H,16,17). The Morgan fingerprint density at radius 3 is 2.56 bits per heavy atom. The van der Waals surface area contributed by atoms with E-state index >= 15 is 0 Å². The largest absolute Gasteiger partial charge is 0.352 e. The molecule has 0 radical (unpaired) electrons. The first kappa shape index (κ1) is 15.3. The van der Waals surface area contributed by atoms with Gasteiger partial charge < -0.3 is 5.32 Å². The third kappa shape index (κ3) is 3.85. The maximum absolute atomic E-state index is 12.2. The van der Waals surface area contributed by atoms with Crippen molar-refractivity contribution < 1.29 is 4.79 Å². The van der Waals surface area contributed by atoms with Gasteiger partial charge in [0.1, 0.15) is 0 Å². The van der Waals surface area contributed by atoms with Crippen molar-refractivity contribution in [2.75, 3.05) is 6.54 Å². The van der Waals surface area contributed by atoms with E-state index in [0.29, 0.717) is 17.1 Å². The van der Waals surface area contributed by atoms with Gasteiger partial charge in [-0.1, -0.05) is 56.7 Å². The second kappa shape index (κ2) is 6.39. The minimum atomic E-state index is -1.56. The van der Waals surface area contributed by atoms with Gasteiger partial charge in [-0.15, -0.1) is 0 Å². The summed E-state index contributed by atoms with van der Waals surface area (Å²) in [5.74, 6) is -0.0357. The topological polar surface area (TPSA) is 29.1 Å². The van der Waals surface area contributed by atoms with Gasteiger partial charge in [0.2, 0.25) is 0 Å². The molecule has 0 aromatic heterocycles. The number of halogens is 1. The number of amides is 1. The molecule has 1 aromatic carbocycles. The highest BCUT2D eigenvalue weighted by Crippen LogP contribution is 2.17. The van der Waals surface area contributed by atoms with E-state index in [4.69, 9.17) is 11.6 Å². The van der Waals surface area contributed by atoms with Crippen molar-refractivity contribution in [3.8, 4) is 0 Å². The zero-order valence-electron chi connectivity index (χ0n) is 11.6. The lowest BCUT2D eigenvalue weighted by atomic mass is 10.2. The van der Waals surface area contributed by atoms with Crippen LogP contribution in [0.3, 0.4) is 0 Å². The Balaban J connectivity index is 3.03. The summed E-state index contributed by atoms with van der Waals surface area (Å²) in [6.07, 6.45) is 2.07. The number of carbonyl (C=O) groups is 1. The lowest BCUT2D eigenvalue weighted by Gasteiger charge is -2.21. The first-order chi connectivity index (χ1) is 8.38. The molecule has 100 valence electrons. The van der Waals surface area contributed by atoms with E-state index in [2.05, 4.69) is 31.9 Å². The Morgan fingerprint density at radius 2 is 2.00 bits per heavy atom. The second-order valence-electron chi connectivity index (χ2n) is 5.52. The molecule has 0 saturated heterocycles. The van der Waals surface area contributed by atoms with Gasteiger partial charge in [0, 0.05) is 6.54 Å². The summed E-state index contributed by atoms with van der Waals surface area (Å²) in [4.78, 5) is 12.2. The number of nitrogens with one attached hydrogen (secondary N) is 1. The summed E-state index contributed by atoms with van der Waals surface area (Å²) in [5.41, 5.74) is 0.675. The fourth-order valence-electron chi connectivity index (χ4n) is 1.85. The van der Waals surface area contributed by atoms with Gasteiger partial charge in [0.15, 0.2) is 0 Å². The van der Waals surface area contributed by atoms with Gasteiger partial charge in [-0.25, -0.2) is 0 Å². The molecule has 1 aromatic rings. The molecule has 1 amide bonds. The number of carbonyl (C=O) groups excluding carboxylic acids is 1. The first-order valence-electron chi connectivity index (χ1n) is 6.45. The highest BCUT2D eigenvalue weighted by atomic mass is 35.5. The number of benzene rings is 1. The molecule has 0 unspecified atom stereocenters. The molecule has 0 atom stereocenters. The minimum Gasteiger partial charge on any atom is -0.352 e. The van der Waals surface area contributed by atoms with Crippen LogP contribution in [0.2, 0.25) is 24.7 Å². The molecule has 0 spiro atoms. The summed E-state index contributed by atoms with van der Waals surface area (Å²) >= 11 is 6.20. The Morgan fingerprint density at radius 1 is 1.33 bits per heavy atom. The van der Waals surface area contributed by atoms with Crippen LogP contribution in [0.5, 0.6) is 0 Å². The Hall–Kier alpha value is -0.803. The minimum absolute atomic E-state index is 0.0357. The van der Waals surface area contributed by atoms with E-state index in [1.54, 1.807) is 6.07 Å². The number of hydrogen-bond acceptors (Lipinski definition) is 1. The molecule has 2 nitrogen and oxygen atoms in total. The van der Waals surface area contributed by atoms with Gasteiger partial charge in [0.05, 0.1) is 18.7 Å². The summed E-state index contributed by atoms with van der Waals surface area (Å²) in [6.45, 7) is 9.49. The lowest BCUT2D eigenvalue weighted by Crippen LogP contribution is -2.43. The number of unbranched alkanes of at least 4 members (excludes halogenated alkanes) is 1. The molecular weight excluding hydrogens is 262 g/mol. The van der Waals surface area contributed by atoms with Crippen molar-refractivity contribution in [1.29, 1.82) is 0 Å². The highest BCUT2D eigenvalue weighted by Gasteiger charge is 2.25. The van der Waals surface area contributed by atoms with E-state index < -0.39 is 8.07 Å². The molecule has 4 heteroatoms. The molecule has 0 fully saturated rings. The molecule has 0 aliphatic rings. The Kier molecular flexibility index (Phi) is 5.41. The zero-order valence-corrected chi connectivity index (χ0v) is 13.4. The van der Waals surface area contributed by atoms with Crippen molar-refractivity contribution in [1.82, 2.24) is 5.32 Å². The van der Waals surface area contributed by atoms with Gasteiger partial charge in [-0.2, -0.15) is 0 Å². The van der Waals surface area contributed by atoms with Crippen molar-refractivity contribution >= 4 is 30.8 Å². The third-order valence-corrected chi connectivity index (χ3v) is 5.21. The Labute approximate surface area is 116 Å². The van der Waals surface area contributed by atoms with E-state index in [1.807, 2.05) is 12.1 Å². The van der Waals surface area contributed by atoms with Crippen LogP contribution in [0.1, 0.15) is 30.1 Å². The predicted molar refractivity (Wildman–Crippen MR) is 81.7 cm³/mol. The summed E-state index contributed by atoms with van der Waals surface area (Å²) < 4.78 is 0. The maximum atomic E-state index is 12.2. The summed E-state index contributed by atoms with van der Waals surface area (Å²) in [5, 5.41) is 4.64. The molecule has 0 saturated carbocycles. The SMILES string of the molecule is CCCCNC(=O)c1c(Cl)cccc1[Si](C)(C)C.